The molecule has 3 atom stereocenters. The summed E-state index contributed by atoms with van der Waals surface area (Å²) in [7, 11) is 3.31. The van der Waals surface area contributed by atoms with Gasteiger partial charge in [-0.2, -0.15) is 0 Å². The predicted octanol–water partition coefficient (Wildman–Crippen LogP) is 2.54. The molecular formula is C26H36FN5O2. The van der Waals surface area contributed by atoms with Gasteiger partial charge in [0.25, 0.3) is 5.91 Å². The van der Waals surface area contributed by atoms with E-state index in [0.29, 0.717) is 22.9 Å². The first-order valence-electron chi connectivity index (χ1n) is 12.5. The number of carbonyl (C=O) groups is 1. The summed E-state index contributed by atoms with van der Waals surface area (Å²) in [6, 6.07) is 5.05. The first-order chi connectivity index (χ1) is 16.5. The maximum atomic E-state index is 14.7. The van der Waals surface area contributed by atoms with Crippen molar-refractivity contribution in [3.63, 3.8) is 0 Å². The molecule has 2 saturated heterocycles. The summed E-state index contributed by atoms with van der Waals surface area (Å²) in [6.07, 6.45) is 8.63. The van der Waals surface area contributed by atoms with Crippen LogP contribution in [0.5, 0.6) is 0 Å². The number of carbonyl (C=O) groups excluding carboxylic acids is 1. The van der Waals surface area contributed by atoms with Gasteiger partial charge in [0.1, 0.15) is 11.6 Å². The molecule has 3 aliphatic heterocycles. The van der Waals surface area contributed by atoms with Crippen LogP contribution in [0.2, 0.25) is 0 Å². The van der Waals surface area contributed by atoms with E-state index >= 15 is 0 Å². The number of likely N-dealkylation sites (tertiary alicyclic amines) is 1. The largest absolute Gasteiger partial charge is 0.381 e. The zero-order chi connectivity index (χ0) is 23.7. The highest BCUT2D eigenvalue weighted by Gasteiger charge is 2.41. The smallest absolute Gasteiger partial charge is 0.253 e. The van der Waals surface area contributed by atoms with Crippen LogP contribution in [0.4, 0.5) is 4.39 Å². The molecule has 0 aromatic heterocycles. The lowest BCUT2D eigenvalue weighted by atomic mass is 10.00. The van der Waals surface area contributed by atoms with Crippen LogP contribution < -0.4 is 16.2 Å². The fourth-order valence-electron chi connectivity index (χ4n) is 5.93. The summed E-state index contributed by atoms with van der Waals surface area (Å²) < 4.78 is 20.2. The first kappa shape index (κ1) is 23.2. The molecule has 0 radical (unpaired) electrons. The number of fused-ring (bicyclic) bond motifs is 1. The summed E-state index contributed by atoms with van der Waals surface area (Å²) in [5.41, 5.74) is 7.68. The average Bonchev–Trinajstić information content (AvgIpc) is 3.37. The minimum atomic E-state index is -0.424. The van der Waals surface area contributed by atoms with Crippen LogP contribution >= 0.6 is 0 Å². The molecule has 3 fully saturated rings. The maximum absolute atomic E-state index is 14.7. The Labute approximate surface area is 201 Å². The molecule has 1 aromatic rings. The second-order valence-electron chi connectivity index (χ2n) is 10.4. The summed E-state index contributed by atoms with van der Waals surface area (Å²) in [4.78, 5) is 16.2. The van der Waals surface area contributed by atoms with E-state index in [2.05, 4.69) is 21.1 Å². The van der Waals surface area contributed by atoms with Crippen molar-refractivity contribution in [2.45, 2.75) is 31.7 Å². The molecule has 0 bridgehead atoms. The zero-order valence-electron chi connectivity index (χ0n) is 20.1. The number of halogens is 1. The molecule has 3 heterocycles. The van der Waals surface area contributed by atoms with Crippen LogP contribution in [0.25, 0.3) is 5.70 Å². The van der Waals surface area contributed by atoms with Crippen molar-refractivity contribution in [2.24, 2.45) is 17.8 Å². The van der Waals surface area contributed by atoms with Gasteiger partial charge in [-0.25, -0.2) is 4.39 Å². The van der Waals surface area contributed by atoms with Crippen molar-refractivity contribution in [3.8, 4) is 0 Å². The second-order valence-corrected chi connectivity index (χ2v) is 10.4. The number of allylic oxidation sites excluding steroid dienone is 2. The molecule has 1 aliphatic carbocycles. The summed E-state index contributed by atoms with van der Waals surface area (Å²) >= 11 is 0. The predicted molar refractivity (Wildman–Crippen MR) is 130 cm³/mol. The Morgan fingerprint density at radius 2 is 1.88 bits per heavy atom. The highest BCUT2D eigenvalue weighted by atomic mass is 19.1. The van der Waals surface area contributed by atoms with E-state index in [9.17, 15) is 9.18 Å². The van der Waals surface area contributed by atoms with Gasteiger partial charge < -0.3 is 19.9 Å². The number of ether oxygens (including phenoxy) is 1. The van der Waals surface area contributed by atoms with Crippen LogP contribution in [-0.4, -0.2) is 68.7 Å². The van der Waals surface area contributed by atoms with Crippen LogP contribution in [0.1, 0.15) is 41.6 Å². The molecule has 1 amide bonds. The summed E-state index contributed by atoms with van der Waals surface area (Å²) in [5.74, 6) is 2.63. The highest BCUT2D eigenvalue weighted by molar-refractivity contribution is 5.94. The number of nitrogens with zero attached hydrogens (tertiary/aromatic N) is 2. The lowest BCUT2D eigenvalue weighted by Crippen LogP contribution is -2.42. The molecule has 1 aromatic carbocycles. The second kappa shape index (κ2) is 9.96. The molecular weight excluding hydrogens is 433 g/mol. The molecule has 34 heavy (non-hydrogen) atoms. The molecule has 0 spiro atoms. The fourth-order valence-corrected chi connectivity index (χ4v) is 5.93. The lowest BCUT2D eigenvalue weighted by Gasteiger charge is -2.28. The Balaban J connectivity index is 1.13. The Bertz CT molecular complexity index is 958. The topological polar surface area (TPSA) is 68.9 Å². The van der Waals surface area contributed by atoms with Gasteiger partial charge in [0.15, 0.2) is 0 Å². The average molecular weight is 470 g/mol. The minimum absolute atomic E-state index is 0.214. The fraction of sp³-hybridized carbons (Fsp3) is 0.577. The van der Waals surface area contributed by atoms with E-state index in [4.69, 9.17) is 4.74 Å². The molecule has 2 unspecified atom stereocenters. The van der Waals surface area contributed by atoms with Gasteiger partial charge in [-0.1, -0.05) is 0 Å². The lowest BCUT2D eigenvalue weighted by molar-refractivity contribution is 0.0545. The van der Waals surface area contributed by atoms with Gasteiger partial charge in [0.2, 0.25) is 0 Å². The van der Waals surface area contributed by atoms with Crippen LogP contribution in [0.3, 0.4) is 0 Å². The van der Waals surface area contributed by atoms with Gasteiger partial charge in [-0.15, -0.1) is 0 Å². The first-order valence-corrected chi connectivity index (χ1v) is 12.5. The summed E-state index contributed by atoms with van der Waals surface area (Å²) in [6.45, 7) is 5.54. The number of rotatable bonds is 6. The van der Waals surface area contributed by atoms with Crippen LogP contribution in [0.15, 0.2) is 36.2 Å². The number of amides is 1. The Morgan fingerprint density at radius 1 is 1.15 bits per heavy atom. The van der Waals surface area contributed by atoms with Gasteiger partial charge in [-0.05, 0) is 73.8 Å². The molecule has 3 N–H and O–H groups in total. The Hall–Kier alpha value is -2.58. The van der Waals surface area contributed by atoms with E-state index in [-0.39, 0.29) is 5.91 Å². The number of nitrogens with one attached hydrogen (secondary N) is 3. The SMILES string of the molecule is CN(C)C(=O)c1ccc(C2=CC=C(NC3CC4CN(CC5CCOCC5)C[C@H]4C3)NN2)c(F)c1. The van der Waals surface area contributed by atoms with E-state index in [1.165, 1.54) is 56.3 Å². The van der Waals surface area contributed by atoms with Crippen LogP contribution in [0, 0.1) is 23.6 Å². The Kier molecular flexibility index (Phi) is 6.79. The van der Waals surface area contributed by atoms with Crippen molar-refractivity contribution in [2.75, 3.05) is 46.9 Å². The molecule has 184 valence electrons. The third-order valence-corrected chi connectivity index (χ3v) is 7.70. The molecule has 5 rings (SSSR count). The number of hydrazine groups is 1. The molecule has 8 heteroatoms. The molecule has 7 nitrogen and oxygen atoms in total. The summed E-state index contributed by atoms with van der Waals surface area (Å²) in [5, 5.41) is 3.63. The van der Waals surface area contributed by atoms with Gasteiger partial charge in [-0.3, -0.25) is 15.6 Å². The van der Waals surface area contributed by atoms with E-state index in [1.807, 2.05) is 12.2 Å². The van der Waals surface area contributed by atoms with Crippen molar-refractivity contribution >= 4 is 11.6 Å². The molecule has 1 saturated carbocycles. The quantitative estimate of drug-likeness (QED) is 0.595. The third kappa shape index (κ3) is 5.08. The van der Waals surface area contributed by atoms with E-state index in [0.717, 1.165) is 36.8 Å². The van der Waals surface area contributed by atoms with Crippen molar-refractivity contribution in [1.29, 1.82) is 0 Å². The van der Waals surface area contributed by atoms with Gasteiger partial charge in [0, 0.05) is 64.1 Å². The molecule has 4 aliphatic rings. The number of hydrogen-bond donors (Lipinski definition) is 3. The maximum Gasteiger partial charge on any atom is 0.253 e. The van der Waals surface area contributed by atoms with Crippen LogP contribution in [-0.2, 0) is 4.74 Å². The standard InChI is InChI=1S/C26H36FN5O2/c1-31(2)26(33)18-3-4-22(23(27)13-18)24-5-6-25(30-29-24)28-21-11-19-15-32(16-20(19)12-21)14-17-7-9-34-10-8-17/h3-6,13,17,19-21,28-30H,7-12,14-16H2,1-2H3/t19-,20?,21?/m1/s1. The van der Waals surface area contributed by atoms with Crippen molar-refractivity contribution in [1.82, 2.24) is 26.0 Å². The third-order valence-electron chi connectivity index (χ3n) is 7.70. The van der Waals surface area contributed by atoms with Gasteiger partial charge in [0.05, 0.1) is 5.70 Å². The normalized spacial score (nSPS) is 27.3. The van der Waals surface area contributed by atoms with E-state index < -0.39 is 5.82 Å². The number of hydrogen-bond acceptors (Lipinski definition) is 6. The zero-order valence-corrected chi connectivity index (χ0v) is 20.1. The van der Waals surface area contributed by atoms with Crippen molar-refractivity contribution < 1.29 is 13.9 Å². The monoisotopic (exact) mass is 469 g/mol. The number of benzene rings is 1. The minimum Gasteiger partial charge on any atom is -0.381 e. The highest BCUT2D eigenvalue weighted by Crippen LogP contribution is 2.39. The Morgan fingerprint density at radius 3 is 2.50 bits per heavy atom. The van der Waals surface area contributed by atoms with Gasteiger partial charge >= 0.3 is 0 Å². The van der Waals surface area contributed by atoms with Crippen molar-refractivity contribution in [3.05, 3.63) is 53.1 Å². The van der Waals surface area contributed by atoms with E-state index in [1.54, 1.807) is 26.2 Å².